The van der Waals surface area contributed by atoms with Gasteiger partial charge in [-0.2, -0.15) is 0 Å². The third-order valence-electron chi connectivity index (χ3n) is 4.40. The number of nitrogens with one attached hydrogen (secondary N) is 2. The fourth-order valence-electron chi connectivity index (χ4n) is 3.08. The number of pyridine rings is 2. The Morgan fingerprint density at radius 1 is 0.933 bits per heavy atom. The summed E-state index contributed by atoms with van der Waals surface area (Å²) in [6.45, 7) is 3.97. The molecule has 0 aliphatic rings. The zero-order valence-electron chi connectivity index (χ0n) is 16.8. The molecule has 0 unspecified atom stereocenters. The lowest BCUT2D eigenvalue weighted by atomic mass is 10.1. The van der Waals surface area contributed by atoms with Crippen molar-refractivity contribution in [3.63, 3.8) is 0 Å². The van der Waals surface area contributed by atoms with E-state index in [0.29, 0.717) is 17.1 Å². The smallest absolute Gasteiger partial charge is 0.255 e. The molecular formula is C24H22N4O2. The molecule has 1 amide bonds. The molecule has 150 valence electrons. The second-order valence-corrected chi connectivity index (χ2v) is 7.08. The Morgan fingerprint density at radius 3 is 2.53 bits per heavy atom. The van der Waals surface area contributed by atoms with Gasteiger partial charge < -0.3 is 15.4 Å². The first-order chi connectivity index (χ1) is 14.6. The van der Waals surface area contributed by atoms with Crippen LogP contribution in [-0.2, 0) is 0 Å². The van der Waals surface area contributed by atoms with E-state index in [9.17, 15) is 4.79 Å². The molecule has 0 saturated heterocycles. The highest BCUT2D eigenvalue weighted by molar-refractivity contribution is 6.08. The summed E-state index contributed by atoms with van der Waals surface area (Å²) < 4.78 is 5.66. The van der Waals surface area contributed by atoms with Gasteiger partial charge in [0.1, 0.15) is 11.6 Å². The molecule has 0 saturated carbocycles. The predicted molar refractivity (Wildman–Crippen MR) is 119 cm³/mol. The Balaban J connectivity index is 1.49. The van der Waals surface area contributed by atoms with Crippen molar-refractivity contribution >= 4 is 34.0 Å². The molecule has 2 aromatic carbocycles. The summed E-state index contributed by atoms with van der Waals surface area (Å²) in [6, 6.07) is 20.5. The van der Waals surface area contributed by atoms with Gasteiger partial charge in [-0.25, -0.2) is 4.98 Å². The Kier molecular flexibility index (Phi) is 5.57. The fourth-order valence-corrected chi connectivity index (χ4v) is 3.08. The largest absolute Gasteiger partial charge is 0.491 e. The minimum atomic E-state index is -0.223. The van der Waals surface area contributed by atoms with Crippen LogP contribution in [-0.4, -0.2) is 22.0 Å². The summed E-state index contributed by atoms with van der Waals surface area (Å²) in [7, 11) is 0. The van der Waals surface area contributed by atoms with Crippen LogP contribution in [0.5, 0.6) is 5.75 Å². The van der Waals surface area contributed by atoms with Crippen LogP contribution >= 0.6 is 0 Å². The van der Waals surface area contributed by atoms with E-state index < -0.39 is 0 Å². The maximum atomic E-state index is 12.8. The number of anilines is 3. The van der Waals surface area contributed by atoms with Crippen molar-refractivity contribution < 1.29 is 9.53 Å². The Hall–Kier alpha value is -3.93. The van der Waals surface area contributed by atoms with Crippen LogP contribution < -0.4 is 15.4 Å². The highest BCUT2D eigenvalue weighted by Crippen LogP contribution is 2.23. The van der Waals surface area contributed by atoms with Gasteiger partial charge in [0, 0.05) is 29.0 Å². The summed E-state index contributed by atoms with van der Waals surface area (Å²) in [5.41, 5.74) is 2.78. The van der Waals surface area contributed by atoms with Gasteiger partial charge in [-0.15, -0.1) is 0 Å². The van der Waals surface area contributed by atoms with Gasteiger partial charge in [0.2, 0.25) is 0 Å². The molecule has 2 N–H and O–H groups in total. The van der Waals surface area contributed by atoms with Crippen molar-refractivity contribution in [1.29, 1.82) is 0 Å². The average Bonchev–Trinajstić information content (AvgIpc) is 2.75. The quantitative estimate of drug-likeness (QED) is 0.454. The average molecular weight is 398 g/mol. The van der Waals surface area contributed by atoms with E-state index in [1.54, 1.807) is 24.5 Å². The number of amides is 1. The van der Waals surface area contributed by atoms with Crippen molar-refractivity contribution in [2.75, 3.05) is 10.6 Å². The van der Waals surface area contributed by atoms with Crippen molar-refractivity contribution in [2.45, 2.75) is 20.0 Å². The zero-order chi connectivity index (χ0) is 20.9. The Morgan fingerprint density at radius 2 is 1.73 bits per heavy atom. The number of benzene rings is 2. The van der Waals surface area contributed by atoms with Gasteiger partial charge in [-0.05, 0) is 62.4 Å². The monoisotopic (exact) mass is 398 g/mol. The van der Waals surface area contributed by atoms with E-state index in [1.807, 2.05) is 68.4 Å². The van der Waals surface area contributed by atoms with Crippen molar-refractivity contribution in [3.8, 4) is 5.75 Å². The van der Waals surface area contributed by atoms with Crippen LogP contribution in [0.2, 0.25) is 0 Å². The maximum absolute atomic E-state index is 12.8. The first-order valence-corrected chi connectivity index (χ1v) is 9.73. The predicted octanol–water partition coefficient (Wildman–Crippen LogP) is 5.41. The molecule has 0 spiro atoms. The third-order valence-corrected chi connectivity index (χ3v) is 4.40. The molecule has 0 radical (unpaired) electrons. The minimum absolute atomic E-state index is 0.123. The van der Waals surface area contributed by atoms with E-state index in [1.165, 1.54) is 0 Å². The number of ether oxygens (including phenoxy) is 1. The number of hydrogen-bond acceptors (Lipinski definition) is 5. The summed E-state index contributed by atoms with van der Waals surface area (Å²) in [5.74, 6) is 1.16. The highest BCUT2D eigenvalue weighted by atomic mass is 16.5. The molecule has 6 heteroatoms. The molecule has 2 aromatic heterocycles. The fraction of sp³-hybridized carbons (Fsp3) is 0.125. The molecule has 0 bridgehead atoms. The minimum Gasteiger partial charge on any atom is -0.491 e. The van der Waals surface area contributed by atoms with Crippen LogP contribution in [0, 0.1) is 0 Å². The van der Waals surface area contributed by atoms with Gasteiger partial charge in [0.25, 0.3) is 5.91 Å². The SMILES string of the molecule is CC(C)Oc1ccc(Nc2cc(C(=O)Nc3cccc4cccnc34)ccn2)cc1. The van der Waals surface area contributed by atoms with E-state index >= 15 is 0 Å². The molecule has 30 heavy (non-hydrogen) atoms. The molecule has 0 atom stereocenters. The molecule has 4 rings (SSSR count). The number of fused-ring (bicyclic) bond motifs is 1. The van der Waals surface area contributed by atoms with Crippen molar-refractivity contribution in [2.24, 2.45) is 0 Å². The number of hydrogen-bond donors (Lipinski definition) is 2. The lowest BCUT2D eigenvalue weighted by Crippen LogP contribution is -2.13. The summed E-state index contributed by atoms with van der Waals surface area (Å²) in [5, 5.41) is 7.13. The van der Waals surface area contributed by atoms with Gasteiger partial charge in [0.15, 0.2) is 0 Å². The van der Waals surface area contributed by atoms with Gasteiger partial charge in [-0.1, -0.05) is 18.2 Å². The first-order valence-electron chi connectivity index (χ1n) is 9.73. The van der Waals surface area contributed by atoms with E-state index in [2.05, 4.69) is 20.6 Å². The molecule has 0 fully saturated rings. The topological polar surface area (TPSA) is 76.1 Å². The number of carbonyl (C=O) groups is 1. The number of para-hydroxylation sites is 1. The van der Waals surface area contributed by atoms with E-state index in [-0.39, 0.29) is 12.0 Å². The molecule has 2 heterocycles. The number of rotatable bonds is 6. The molecule has 4 aromatic rings. The number of carbonyl (C=O) groups excluding carboxylic acids is 1. The second kappa shape index (κ2) is 8.61. The lowest BCUT2D eigenvalue weighted by Gasteiger charge is -2.11. The van der Waals surface area contributed by atoms with E-state index in [4.69, 9.17) is 4.74 Å². The van der Waals surface area contributed by atoms with Gasteiger partial charge >= 0.3 is 0 Å². The maximum Gasteiger partial charge on any atom is 0.255 e. The van der Waals surface area contributed by atoms with E-state index in [0.717, 1.165) is 22.3 Å². The standard InChI is InChI=1S/C24H22N4O2/c1-16(2)30-20-10-8-19(9-11-20)27-22-15-18(12-14-25-22)24(29)28-21-7-3-5-17-6-4-13-26-23(17)21/h3-16H,1-2H3,(H,25,27)(H,28,29). The normalized spacial score (nSPS) is 10.8. The summed E-state index contributed by atoms with van der Waals surface area (Å²) in [4.78, 5) is 21.5. The Labute approximate surface area is 175 Å². The van der Waals surface area contributed by atoms with Crippen LogP contribution in [0.1, 0.15) is 24.2 Å². The van der Waals surface area contributed by atoms with Crippen LogP contribution in [0.25, 0.3) is 10.9 Å². The van der Waals surface area contributed by atoms with Crippen LogP contribution in [0.15, 0.2) is 79.1 Å². The third kappa shape index (κ3) is 4.55. The molecular weight excluding hydrogens is 376 g/mol. The van der Waals surface area contributed by atoms with Crippen LogP contribution in [0.3, 0.4) is 0 Å². The van der Waals surface area contributed by atoms with Crippen molar-refractivity contribution in [1.82, 2.24) is 9.97 Å². The first kappa shape index (κ1) is 19.4. The van der Waals surface area contributed by atoms with Gasteiger partial charge in [-0.3, -0.25) is 9.78 Å². The summed E-state index contributed by atoms with van der Waals surface area (Å²) in [6.07, 6.45) is 3.44. The van der Waals surface area contributed by atoms with Crippen molar-refractivity contribution in [3.05, 3.63) is 84.7 Å². The van der Waals surface area contributed by atoms with Crippen LogP contribution in [0.4, 0.5) is 17.2 Å². The second-order valence-electron chi connectivity index (χ2n) is 7.08. The number of nitrogens with zero attached hydrogens (tertiary/aromatic N) is 2. The lowest BCUT2D eigenvalue weighted by molar-refractivity contribution is 0.102. The summed E-state index contributed by atoms with van der Waals surface area (Å²) >= 11 is 0. The Bertz CT molecular complexity index is 1170. The molecule has 0 aliphatic heterocycles. The van der Waals surface area contributed by atoms with Gasteiger partial charge in [0.05, 0.1) is 17.3 Å². The molecule has 0 aliphatic carbocycles. The zero-order valence-corrected chi connectivity index (χ0v) is 16.8. The molecule has 6 nitrogen and oxygen atoms in total. The number of aromatic nitrogens is 2. The highest BCUT2D eigenvalue weighted by Gasteiger charge is 2.10.